The third-order valence-corrected chi connectivity index (χ3v) is 3.15. The Labute approximate surface area is 115 Å². The van der Waals surface area contributed by atoms with Crippen LogP contribution in [0.1, 0.15) is 19.2 Å². The molecule has 0 aromatic carbocycles. The van der Waals surface area contributed by atoms with Crippen molar-refractivity contribution in [1.29, 1.82) is 0 Å². The maximum Gasteiger partial charge on any atom is 0.413 e. The van der Waals surface area contributed by atoms with E-state index in [0.717, 1.165) is 13.0 Å². The van der Waals surface area contributed by atoms with Crippen molar-refractivity contribution in [1.82, 2.24) is 20.1 Å². The van der Waals surface area contributed by atoms with Gasteiger partial charge in [-0.05, 0) is 6.42 Å². The van der Waals surface area contributed by atoms with E-state index in [1.54, 1.807) is 0 Å². The van der Waals surface area contributed by atoms with E-state index in [1.807, 2.05) is 11.5 Å². The molecule has 1 aromatic heterocycles. The molecule has 1 aromatic rings. The molecule has 0 saturated heterocycles. The summed E-state index contributed by atoms with van der Waals surface area (Å²) in [5.41, 5.74) is 5.56. The largest absolute Gasteiger partial charge is 0.453 e. The summed E-state index contributed by atoms with van der Waals surface area (Å²) in [6.45, 7) is 3.06. The lowest BCUT2D eigenvalue weighted by Gasteiger charge is -2.07. The fourth-order valence-corrected chi connectivity index (χ4v) is 2.14. The first kappa shape index (κ1) is 15.4. The van der Waals surface area contributed by atoms with Gasteiger partial charge in [-0.1, -0.05) is 18.7 Å². The van der Waals surface area contributed by atoms with Gasteiger partial charge < -0.3 is 15.0 Å². The van der Waals surface area contributed by atoms with Gasteiger partial charge in [0, 0.05) is 6.54 Å². The lowest BCUT2D eigenvalue weighted by Crippen LogP contribution is -2.31. The molecule has 106 valence electrons. The highest BCUT2D eigenvalue weighted by molar-refractivity contribution is 7.99. The molecule has 0 aliphatic rings. The summed E-state index contributed by atoms with van der Waals surface area (Å²) in [6, 6.07) is 0. The van der Waals surface area contributed by atoms with Crippen molar-refractivity contribution in [2.75, 3.05) is 12.9 Å². The zero-order valence-electron chi connectivity index (χ0n) is 10.9. The normalized spacial score (nSPS) is 10.3. The van der Waals surface area contributed by atoms with Gasteiger partial charge in [0.05, 0.1) is 19.4 Å². The second-order valence-electron chi connectivity index (χ2n) is 3.58. The molecular weight excluding hydrogens is 270 g/mol. The van der Waals surface area contributed by atoms with E-state index in [4.69, 9.17) is 5.73 Å². The Morgan fingerprint density at radius 3 is 2.79 bits per heavy atom. The van der Waals surface area contributed by atoms with Crippen LogP contribution in [0.25, 0.3) is 0 Å². The highest BCUT2D eigenvalue weighted by Gasteiger charge is 2.14. The summed E-state index contributed by atoms with van der Waals surface area (Å²) in [4.78, 5) is 22.3. The van der Waals surface area contributed by atoms with Crippen LogP contribution in [0.2, 0.25) is 0 Å². The van der Waals surface area contributed by atoms with Crippen LogP contribution in [-0.2, 0) is 22.6 Å². The van der Waals surface area contributed by atoms with E-state index in [2.05, 4.69) is 20.3 Å². The summed E-state index contributed by atoms with van der Waals surface area (Å²) >= 11 is 1.20. The highest BCUT2D eigenvalue weighted by Crippen LogP contribution is 2.17. The number of nitrogens with zero attached hydrogens (tertiary/aromatic N) is 3. The zero-order chi connectivity index (χ0) is 14.3. The molecular formula is C10H17N5O3S. The maximum absolute atomic E-state index is 11.4. The van der Waals surface area contributed by atoms with Crippen LogP contribution < -0.4 is 11.1 Å². The quantitative estimate of drug-likeness (QED) is 0.715. The van der Waals surface area contributed by atoms with Crippen molar-refractivity contribution in [3.63, 3.8) is 0 Å². The molecule has 8 nitrogen and oxygen atoms in total. The molecule has 19 heavy (non-hydrogen) atoms. The van der Waals surface area contributed by atoms with Crippen LogP contribution in [0.15, 0.2) is 5.16 Å². The number of ether oxygens (including phenoxy) is 1. The van der Waals surface area contributed by atoms with Crippen molar-refractivity contribution in [2.45, 2.75) is 31.6 Å². The van der Waals surface area contributed by atoms with E-state index in [1.165, 1.54) is 18.9 Å². The predicted octanol–water partition coefficient (Wildman–Crippen LogP) is 0.122. The molecule has 0 spiro atoms. The monoisotopic (exact) mass is 287 g/mol. The van der Waals surface area contributed by atoms with Gasteiger partial charge in [0.2, 0.25) is 5.91 Å². The number of alkyl carbamates (subject to hydrolysis) is 1. The molecule has 0 fully saturated rings. The van der Waals surface area contributed by atoms with Crippen molar-refractivity contribution in [2.24, 2.45) is 5.73 Å². The number of nitrogens with two attached hydrogens (primary N) is 1. The Morgan fingerprint density at radius 2 is 2.21 bits per heavy atom. The average molecular weight is 287 g/mol. The van der Waals surface area contributed by atoms with Gasteiger partial charge in [-0.15, -0.1) is 10.2 Å². The van der Waals surface area contributed by atoms with Gasteiger partial charge in [0.15, 0.2) is 5.16 Å². The van der Waals surface area contributed by atoms with Crippen LogP contribution in [0.5, 0.6) is 0 Å². The summed E-state index contributed by atoms with van der Waals surface area (Å²) < 4.78 is 6.20. The van der Waals surface area contributed by atoms with E-state index >= 15 is 0 Å². The van der Waals surface area contributed by atoms with E-state index in [-0.39, 0.29) is 5.75 Å². The van der Waals surface area contributed by atoms with Crippen LogP contribution in [0.4, 0.5) is 4.79 Å². The number of rotatable bonds is 6. The number of carbonyl (C=O) groups is 2. The summed E-state index contributed by atoms with van der Waals surface area (Å²) in [6.07, 6.45) is 0.135. The van der Waals surface area contributed by atoms with Gasteiger partial charge in [-0.2, -0.15) is 0 Å². The number of hydrogen-bond acceptors (Lipinski definition) is 7. The smallest absolute Gasteiger partial charge is 0.413 e. The number of nitrogens with one attached hydrogen (secondary N) is 1. The van der Waals surface area contributed by atoms with Crippen LogP contribution in [-0.4, -0.2) is 39.6 Å². The maximum atomic E-state index is 11.4. The number of imide groups is 1. The fraction of sp³-hybridized carbons (Fsp3) is 0.600. The molecule has 0 bridgehead atoms. The third kappa shape index (κ3) is 4.52. The predicted molar refractivity (Wildman–Crippen MR) is 69.5 cm³/mol. The van der Waals surface area contributed by atoms with Gasteiger partial charge in [0.1, 0.15) is 5.82 Å². The SMILES string of the molecule is CCCn1c(CN)nnc1SCC(=O)NC(=O)OC. The van der Waals surface area contributed by atoms with E-state index < -0.39 is 12.0 Å². The number of methoxy groups -OCH3 is 1. The molecule has 3 N–H and O–H groups in total. The first-order chi connectivity index (χ1) is 9.12. The summed E-state index contributed by atoms with van der Waals surface area (Å²) in [5.74, 6) is 0.288. The second kappa shape index (κ2) is 7.74. The minimum atomic E-state index is -0.775. The minimum absolute atomic E-state index is 0.0571. The molecule has 0 atom stereocenters. The Morgan fingerprint density at radius 1 is 1.47 bits per heavy atom. The summed E-state index contributed by atoms with van der Waals surface area (Å²) in [5, 5.41) is 10.6. The van der Waals surface area contributed by atoms with Crippen LogP contribution >= 0.6 is 11.8 Å². The van der Waals surface area contributed by atoms with Crippen molar-refractivity contribution >= 4 is 23.8 Å². The molecule has 0 radical (unpaired) electrons. The van der Waals surface area contributed by atoms with E-state index in [9.17, 15) is 9.59 Å². The molecule has 0 unspecified atom stereocenters. The van der Waals surface area contributed by atoms with E-state index in [0.29, 0.717) is 17.5 Å². The first-order valence-corrected chi connectivity index (χ1v) is 6.73. The zero-order valence-corrected chi connectivity index (χ0v) is 11.7. The Hall–Kier alpha value is -1.61. The van der Waals surface area contributed by atoms with Crippen molar-refractivity contribution in [3.8, 4) is 0 Å². The van der Waals surface area contributed by atoms with Crippen molar-refractivity contribution < 1.29 is 14.3 Å². The number of amides is 2. The van der Waals surface area contributed by atoms with Gasteiger partial charge in [-0.3, -0.25) is 10.1 Å². The lowest BCUT2D eigenvalue weighted by atomic mass is 10.4. The number of thioether (sulfide) groups is 1. The Balaban J connectivity index is 2.59. The second-order valence-corrected chi connectivity index (χ2v) is 4.53. The lowest BCUT2D eigenvalue weighted by molar-refractivity contribution is -0.117. The third-order valence-electron chi connectivity index (χ3n) is 2.18. The number of aromatic nitrogens is 3. The summed E-state index contributed by atoms with van der Waals surface area (Å²) in [7, 11) is 1.20. The van der Waals surface area contributed by atoms with Gasteiger partial charge >= 0.3 is 6.09 Å². The first-order valence-electron chi connectivity index (χ1n) is 5.75. The van der Waals surface area contributed by atoms with Crippen LogP contribution in [0.3, 0.4) is 0 Å². The van der Waals surface area contributed by atoms with Crippen molar-refractivity contribution in [3.05, 3.63) is 5.82 Å². The van der Waals surface area contributed by atoms with Gasteiger partial charge in [0.25, 0.3) is 0 Å². The molecule has 1 heterocycles. The highest BCUT2D eigenvalue weighted by atomic mass is 32.2. The van der Waals surface area contributed by atoms with Crippen LogP contribution in [0, 0.1) is 0 Å². The Kier molecular flexibility index (Phi) is 6.30. The molecule has 0 aliphatic carbocycles. The fourth-order valence-electron chi connectivity index (χ4n) is 1.36. The number of hydrogen-bond donors (Lipinski definition) is 2. The Bertz CT molecular complexity index is 448. The average Bonchev–Trinajstić information content (AvgIpc) is 2.79. The molecule has 1 rings (SSSR count). The number of carbonyl (C=O) groups excluding carboxylic acids is 2. The minimum Gasteiger partial charge on any atom is -0.453 e. The molecule has 0 aliphatic heterocycles. The standard InChI is InChI=1S/C10H17N5O3S/c1-3-4-15-7(5-11)13-14-9(15)19-6-8(16)12-10(17)18-2/h3-6,11H2,1-2H3,(H,12,16,17). The molecule has 9 heteroatoms. The molecule has 0 saturated carbocycles. The topological polar surface area (TPSA) is 112 Å². The molecule has 2 amide bonds. The van der Waals surface area contributed by atoms with Gasteiger partial charge in [-0.25, -0.2) is 4.79 Å².